The fraction of sp³-hybridized carbons (Fsp3) is 0.333. The molecule has 1 N–H and O–H groups in total. The largest absolute Gasteiger partial charge is 0.481 e. The van der Waals surface area contributed by atoms with Crippen LogP contribution in [0.15, 0.2) is 42.6 Å². The molecule has 0 aliphatic carbocycles. The average Bonchev–Trinajstić information content (AvgIpc) is 2.97. The van der Waals surface area contributed by atoms with Crippen molar-refractivity contribution in [3.05, 3.63) is 48.3 Å². The fourth-order valence-electron chi connectivity index (χ4n) is 1.83. The highest BCUT2D eigenvalue weighted by Gasteiger charge is 2.33. The highest BCUT2D eigenvalue weighted by Crippen LogP contribution is 2.27. The van der Waals surface area contributed by atoms with Crippen LogP contribution < -0.4 is 10.1 Å². The lowest BCUT2D eigenvalue weighted by atomic mass is 10.3. The van der Waals surface area contributed by atoms with Gasteiger partial charge in [0.15, 0.2) is 11.8 Å². The molecule has 23 heavy (non-hydrogen) atoms. The van der Waals surface area contributed by atoms with E-state index in [2.05, 4.69) is 10.4 Å². The van der Waals surface area contributed by atoms with E-state index in [0.29, 0.717) is 5.75 Å². The van der Waals surface area contributed by atoms with E-state index in [4.69, 9.17) is 4.74 Å². The van der Waals surface area contributed by atoms with E-state index in [-0.39, 0.29) is 19.0 Å². The highest BCUT2D eigenvalue weighted by atomic mass is 19.4. The minimum absolute atomic E-state index is 0.139. The summed E-state index contributed by atoms with van der Waals surface area (Å²) in [6.07, 6.45) is -3.95. The Morgan fingerprint density at radius 3 is 2.61 bits per heavy atom. The van der Waals surface area contributed by atoms with E-state index in [0.717, 1.165) is 10.7 Å². The van der Waals surface area contributed by atoms with Gasteiger partial charge < -0.3 is 10.1 Å². The molecule has 2 aromatic rings. The first kappa shape index (κ1) is 16.9. The first-order valence-corrected chi connectivity index (χ1v) is 6.96. The number of alkyl halides is 3. The SMILES string of the molecule is C[C@@H](Oc1ccccc1)C(=O)NCCn1ccc(C(F)(F)F)n1. The third-order valence-electron chi connectivity index (χ3n) is 3.00. The molecule has 0 fully saturated rings. The zero-order valence-corrected chi connectivity index (χ0v) is 12.4. The van der Waals surface area contributed by atoms with Gasteiger partial charge in [-0.05, 0) is 25.1 Å². The fourth-order valence-corrected chi connectivity index (χ4v) is 1.83. The van der Waals surface area contributed by atoms with Gasteiger partial charge in [-0.2, -0.15) is 18.3 Å². The van der Waals surface area contributed by atoms with Gasteiger partial charge in [-0.25, -0.2) is 0 Å². The molecule has 1 aromatic heterocycles. The molecule has 1 aromatic carbocycles. The Bertz CT molecular complexity index is 641. The Morgan fingerprint density at radius 2 is 2.00 bits per heavy atom. The molecule has 8 heteroatoms. The van der Waals surface area contributed by atoms with Gasteiger partial charge in [-0.3, -0.25) is 9.48 Å². The first-order valence-electron chi connectivity index (χ1n) is 6.96. The van der Waals surface area contributed by atoms with Crippen LogP contribution in [0.4, 0.5) is 13.2 Å². The van der Waals surface area contributed by atoms with Gasteiger partial charge in [0.1, 0.15) is 5.75 Å². The average molecular weight is 327 g/mol. The van der Waals surface area contributed by atoms with Crippen LogP contribution in [0.5, 0.6) is 5.75 Å². The number of carbonyl (C=O) groups is 1. The second-order valence-corrected chi connectivity index (χ2v) is 4.83. The van der Waals surface area contributed by atoms with Gasteiger partial charge in [0.2, 0.25) is 0 Å². The van der Waals surface area contributed by atoms with E-state index in [9.17, 15) is 18.0 Å². The molecule has 0 unspecified atom stereocenters. The van der Waals surface area contributed by atoms with Crippen LogP contribution in [-0.4, -0.2) is 28.3 Å². The van der Waals surface area contributed by atoms with Crippen molar-refractivity contribution in [2.45, 2.75) is 25.7 Å². The lowest BCUT2D eigenvalue weighted by molar-refractivity contribution is -0.141. The van der Waals surface area contributed by atoms with Crippen LogP contribution in [0.2, 0.25) is 0 Å². The third-order valence-corrected chi connectivity index (χ3v) is 3.00. The molecule has 5 nitrogen and oxygen atoms in total. The van der Waals surface area contributed by atoms with Gasteiger partial charge in [0.25, 0.3) is 5.91 Å². The number of carbonyl (C=O) groups excluding carboxylic acids is 1. The van der Waals surface area contributed by atoms with Crippen molar-refractivity contribution in [3.63, 3.8) is 0 Å². The van der Waals surface area contributed by atoms with Crippen molar-refractivity contribution in [3.8, 4) is 5.75 Å². The van der Waals surface area contributed by atoms with Crippen molar-refractivity contribution < 1.29 is 22.7 Å². The number of nitrogens with one attached hydrogen (secondary N) is 1. The number of halogens is 3. The summed E-state index contributed by atoms with van der Waals surface area (Å²) < 4.78 is 43.8. The van der Waals surface area contributed by atoms with Crippen molar-refractivity contribution in [1.82, 2.24) is 15.1 Å². The first-order chi connectivity index (χ1) is 10.9. The summed E-state index contributed by atoms with van der Waals surface area (Å²) in [7, 11) is 0. The number of hydrogen-bond donors (Lipinski definition) is 1. The zero-order chi connectivity index (χ0) is 16.9. The molecule has 0 saturated heterocycles. The third kappa shape index (κ3) is 5.01. The van der Waals surface area contributed by atoms with Crippen LogP contribution in [0, 0.1) is 0 Å². The number of hydrogen-bond acceptors (Lipinski definition) is 3. The van der Waals surface area contributed by atoms with Gasteiger partial charge in [0, 0.05) is 12.7 Å². The van der Waals surface area contributed by atoms with E-state index < -0.39 is 18.0 Å². The minimum atomic E-state index is -4.47. The summed E-state index contributed by atoms with van der Waals surface area (Å²) in [5, 5.41) is 5.99. The summed E-state index contributed by atoms with van der Waals surface area (Å²) in [6.45, 7) is 1.89. The highest BCUT2D eigenvalue weighted by molar-refractivity contribution is 5.80. The lowest BCUT2D eigenvalue weighted by Gasteiger charge is -2.14. The monoisotopic (exact) mass is 327 g/mol. The zero-order valence-electron chi connectivity index (χ0n) is 12.4. The second kappa shape index (κ2) is 7.17. The Kier molecular flexibility index (Phi) is 5.25. The van der Waals surface area contributed by atoms with Crippen molar-refractivity contribution in [2.24, 2.45) is 0 Å². The van der Waals surface area contributed by atoms with Crippen molar-refractivity contribution in [2.75, 3.05) is 6.54 Å². The maximum absolute atomic E-state index is 12.4. The smallest absolute Gasteiger partial charge is 0.435 e. The molecule has 0 aliphatic heterocycles. The topological polar surface area (TPSA) is 56.1 Å². The minimum Gasteiger partial charge on any atom is -0.481 e. The van der Waals surface area contributed by atoms with E-state index in [1.54, 1.807) is 31.2 Å². The van der Waals surface area contributed by atoms with E-state index >= 15 is 0 Å². The van der Waals surface area contributed by atoms with E-state index in [1.807, 2.05) is 6.07 Å². The Labute approximate surface area is 131 Å². The molecule has 0 aliphatic rings. The summed E-state index contributed by atoms with van der Waals surface area (Å²) in [4.78, 5) is 11.9. The molecular weight excluding hydrogens is 311 g/mol. The summed E-state index contributed by atoms with van der Waals surface area (Å²) in [5.41, 5.74) is -0.954. The molecule has 1 atom stereocenters. The summed E-state index contributed by atoms with van der Waals surface area (Å²) in [5.74, 6) is 0.217. The lowest BCUT2D eigenvalue weighted by Crippen LogP contribution is -2.38. The quantitative estimate of drug-likeness (QED) is 0.887. The molecule has 0 radical (unpaired) electrons. The van der Waals surface area contributed by atoms with Crippen molar-refractivity contribution in [1.29, 1.82) is 0 Å². The molecule has 0 bridgehead atoms. The van der Waals surface area contributed by atoms with Gasteiger partial charge >= 0.3 is 6.18 Å². The van der Waals surface area contributed by atoms with Gasteiger partial charge in [-0.1, -0.05) is 18.2 Å². The number of ether oxygens (including phenoxy) is 1. The maximum atomic E-state index is 12.4. The molecule has 0 saturated carbocycles. The number of benzene rings is 1. The molecule has 0 spiro atoms. The van der Waals surface area contributed by atoms with Gasteiger partial charge in [0.05, 0.1) is 6.54 Å². The number of para-hydroxylation sites is 1. The predicted molar refractivity (Wildman–Crippen MR) is 76.8 cm³/mol. The van der Waals surface area contributed by atoms with Crippen LogP contribution in [0.3, 0.4) is 0 Å². The van der Waals surface area contributed by atoms with Gasteiger partial charge in [-0.15, -0.1) is 0 Å². The molecule has 1 heterocycles. The molecular formula is C15H16F3N3O2. The number of aromatic nitrogens is 2. The Balaban J connectivity index is 1.77. The predicted octanol–water partition coefficient (Wildman–Crippen LogP) is 2.49. The molecule has 1 amide bonds. The maximum Gasteiger partial charge on any atom is 0.435 e. The summed E-state index contributed by atoms with van der Waals surface area (Å²) in [6, 6.07) is 9.75. The number of nitrogens with zero attached hydrogens (tertiary/aromatic N) is 2. The summed E-state index contributed by atoms with van der Waals surface area (Å²) >= 11 is 0. The molecule has 2 rings (SSSR count). The normalized spacial score (nSPS) is 12.7. The van der Waals surface area contributed by atoms with E-state index in [1.165, 1.54) is 6.20 Å². The number of rotatable bonds is 6. The standard InChI is InChI=1S/C15H16F3N3O2/c1-11(23-12-5-3-2-4-6-12)14(22)19-8-10-21-9-7-13(20-21)15(16,17)18/h2-7,9,11H,8,10H2,1H3,(H,19,22)/t11-/m1/s1. The van der Waals surface area contributed by atoms with Crippen LogP contribution in [-0.2, 0) is 17.5 Å². The van der Waals surface area contributed by atoms with Crippen molar-refractivity contribution >= 4 is 5.91 Å². The Hall–Kier alpha value is -2.51. The second-order valence-electron chi connectivity index (χ2n) is 4.83. The molecule has 124 valence electrons. The number of amides is 1. The van der Waals surface area contributed by atoms with Crippen LogP contribution in [0.1, 0.15) is 12.6 Å². The van der Waals surface area contributed by atoms with Crippen LogP contribution >= 0.6 is 0 Å². The van der Waals surface area contributed by atoms with Crippen LogP contribution in [0.25, 0.3) is 0 Å². The Morgan fingerprint density at radius 1 is 1.30 bits per heavy atom.